The summed E-state index contributed by atoms with van der Waals surface area (Å²) in [5.41, 5.74) is 8.21. The van der Waals surface area contributed by atoms with Crippen LogP contribution in [0.3, 0.4) is 0 Å². The van der Waals surface area contributed by atoms with Gasteiger partial charge in [0, 0.05) is 6.42 Å². The molecule has 3 heteroatoms. The average molecular weight is 288 g/mol. The van der Waals surface area contributed by atoms with E-state index in [4.69, 9.17) is 10.2 Å². The van der Waals surface area contributed by atoms with Gasteiger partial charge in [0.25, 0.3) is 0 Å². The fraction of sp³-hybridized carbons (Fsp3) is 0.611. The minimum Gasteiger partial charge on any atom is -0.441 e. The molecular formula is C18H28N2O. The van der Waals surface area contributed by atoms with Crippen molar-refractivity contribution in [3.63, 3.8) is 0 Å². The summed E-state index contributed by atoms with van der Waals surface area (Å²) in [7, 11) is 0. The van der Waals surface area contributed by atoms with Crippen LogP contribution in [0.4, 0.5) is 5.69 Å². The van der Waals surface area contributed by atoms with E-state index in [-0.39, 0.29) is 0 Å². The Morgan fingerprint density at radius 2 is 1.62 bits per heavy atom. The zero-order valence-corrected chi connectivity index (χ0v) is 13.2. The topological polar surface area (TPSA) is 52.0 Å². The molecule has 1 heterocycles. The molecule has 0 spiro atoms. The number of hydrogen-bond acceptors (Lipinski definition) is 3. The summed E-state index contributed by atoms with van der Waals surface area (Å²) in [5, 5.41) is 0. The average Bonchev–Trinajstić information content (AvgIpc) is 2.90. The van der Waals surface area contributed by atoms with Crippen molar-refractivity contribution >= 4 is 16.8 Å². The van der Waals surface area contributed by atoms with Crippen molar-refractivity contribution < 1.29 is 4.42 Å². The van der Waals surface area contributed by atoms with Crippen molar-refractivity contribution in [1.29, 1.82) is 0 Å². The first kappa shape index (κ1) is 15.9. The second kappa shape index (κ2) is 8.71. The number of oxazole rings is 1. The molecule has 1 aromatic carbocycles. The predicted octanol–water partition coefficient (Wildman–Crippen LogP) is 5.48. The van der Waals surface area contributed by atoms with E-state index >= 15 is 0 Å². The van der Waals surface area contributed by atoms with Gasteiger partial charge in [-0.2, -0.15) is 0 Å². The lowest BCUT2D eigenvalue weighted by Gasteiger charge is -2.00. The third kappa shape index (κ3) is 5.07. The Labute approximate surface area is 127 Å². The van der Waals surface area contributed by atoms with Crippen molar-refractivity contribution in [3.8, 4) is 0 Å². The third-order valence-corrected chi connectivity index (χ3v) is 3.99. The van der Waals surface area contributed by atoms with Gasteiger partial charge in [0.05, 0.1) is 5.69 Å². The van der Waals surface area contributed by atoms with Gasteiger partial charge in [0.1, 0.15) is 5.52 Å². The van der Waals surface area contributed by atoms with Crippen LogP contribution in [-0.4, -0.2) is 4.98 Å². The predicted molar refractivity (Wildman–Crippen MR) is 89.4 cm³/mol. The highest BCUT2D eigenvalue weighted by atomic mass is 16.3. The molecule has 0 radical (unpaired) electrons. The number of para-hydroxylation sites is 1. The molecule has 0 atom stereocenters. The number of hydrogen-bond donors (Lipinski definition) is 1. The maximum atomic E-state index is 5.89. The van der Waals surface area contributed by atoms with Gasteiger partial charge in [-0.15, -0.1) is 0 Å². The van der Waals surface area contributed by atoms with Gasteiger partial charge in [0.2, 0.25) is 0 Å². The van der Waals surface area contributed by atoms with E-state index < -0.39 is 0 Å². The van der Waals surface area contributed by atoms with E-state index in [2.05, 4.69) is 11.9 Å². The molecule has 0 amide bonds. The minimum atomic E-state index is 0.703. The quantitative estimate of drug-likeness (QED) is 0.465. The van der Waals surface area contributed by atoms with Crippen molar-refractivity contribution in [2.45, 2.75) is 71.1 Å². The molecule has 2 aromatic rings. The highest BCUT2D eigenvalue weighted by Gasteiger charge is 2.07. The Balaban J connectivity index is 1.61. The molecule has 0 saturated carbocycles. The summed E-state index contributed by atoms with van der Waals surface area (Å²) in [6.07, 6.45) is 12.9. The number of anilines is 1. The Bertz CT molecular complexity index is 533. The molecule has 0 aliphatic carbocycles. The molecule has 0 fully saturated rings. The standard InChI is InChI=1S/C18H28N2O/c1-2-3-4-5-6-7-8-9-10-14-17-20-18-15(19)12-11-13-16(18)21-17/h11-13H,2-10,14,19H2,1H3. The zero-order valence-electron chi connectivity index (χ0n) is 13.2. The molecule has 0 aliphatic heterocycles. The summed E-state index contributed by atoms with van der Waals surface area (Å²) >= 11 is 0. The monoisotopic (exact) mass is 288 g/mol. The summed E-state index contributed by atoms with van der Waals surface area (Å²) < 4.78 is 5.73. The largest absolute Gasteiger partial charge is 0.441 e. The van der Waals surface area contributed by atoms with Crippen molar-refractivity contribution in [2.75, 3.05) is 5.73 Å². The van der Waals surface area contributed by atoms with Crippen molar-refractivity contribution in [1.82, 2.24) is 4.98 Å². The van der Waals surface area contributed by atoms with Gasteiger partial charge in [-0.3, -0.25) is 0 Å². The molecule has 3 nitrogen and oxygen atoms in total. The van der Waals surface area contributed by atoms with Crippen LogP contribution in [0, 0.1) is 0 Å². The zero-order chi connectivity index (χ0) is 14.9. The maximum Gasteiger partial charge on any atom is 0.195 e. The number of aryl methyl sites for hydroxylation is 1. The van der Waals surface area contributed by atoms with E-state index in [1.54, 1.807) is 0 Å². The summed E-state index contributed by atoms with van der Waals surface area (Å²) in [4.78, 5) is 4.49. The second-order valence-electron chi connectivity index (χ2n) is 5.88. The van der Waals surface area contributed by atoms with E-state index in [0.717, 1.165) is 29.8 Å². The fourth-order valence-corrected chi connectivity index (χ4v) is 2.71. The second-order valence-corrected chi connectivity index (χ2v) is 5.88. The van der Waals surface area contributed by atoms with E-state index in [1.807, 2.05) is 18.2 Å². The number of fused-ring (bicyclic) bond motifs is 1. The first-order valence-electron chi connectivity index (χ1n) is 8.45. The van der Waals surface area contributed by atoms with Gasteiger partial charge in [-0.25, -0.2) is 4.98 Å². The van der Waals surface area contributed by atoms with Crippen LogP contribution in [0.2, 0.25) is 0 Å². The van der Waals surface area contributed by atoms with Gasteiger partial charge in [0.15, 0.2) is 11.5 Å². The lowest BCUT2D eigenvalue weighted by molar-refractivity contribution is 0.502. The first-order chi connectivity index (χ1) is 10.3. The van der Waals surface area contributed by atoms with Crippen LogP contribution in [0.5, 0.6) is 0 Å². The van der Waals surface area contributed by atoms with Crippen LogP contribution in [-0.2, 0) is 6.42 Å². The molecule has 116 valence electrons. The minimum absolute atomic E-state index is 0.703. The lowest BCUT2D eigenvalue weighted by Crippen LogP contribution is -1.88. The lowest BCUT2D eigenvalue weighted by atomic mass is 10.1. The smallest absolute Gasteiger partial charge is 0.195 e. The van der Waals surface area contributed by atoms with E-state index in [1.165, 1.54) is 51.4 Å². The summed E-state index contributed by atoms with van der Waals surface area (Å²) in [6.45, 7) is 2.26. The Hall–Kier alpha value is -1.51. The summed E-state index contributed by atoms with van der Waals surface area (Å²) in [5.74, 6) is 0.825. The SMILES string of the molecule is CCCCCCCCCCCc1nc2c(N)cccc2o1. The van der Waals surface area contributed by atoms with Gasteiger partial charge in [-0.05, 0) is 18.6 Å². The van der Waals surface area contributed by atoms with Gasteiger partial charge >= 0.3 is 0 Å². The van der Waals surface area contributed by atoms with Crippen LogP contribution < -0.4 is 5.73 Å². The Morgan fingerprint density at radius 1 is 0.952 bits per heavy atom. The number of rotatable bonds is 10. The van der Waals surface area contributed by atoms with E-state index in [9.17, 15) is 0 Å². The maximum absolute atomic E-state index is 5.89. The van der Waals surface area contributed by atoms with Crippen molar-refractivity contribution in [3.05, 3.63) is 24.1 Å². The fourth-order valence-electron chi connectivity index (χ4n) is 2.71. The number of nitrogens with zero attached hydrogens (tertiary/aromatic N) is 1. The molecule has 1 aromatic heterocycles. The molecule has 2 N–H and O–H groups in total. The molecule has 2 rings (SSSR count). The van der Waals surface area contributed by atoms with Crippen LogP contribution in [0.25, 0.3) is 11.1 Å². The van der Waals surface area contributed by atoms with Crippen LogP contribution >= 0.6 is 0 Å². The van der Waals surface area contributed by atoms with Gasteiger partial charge in [-0.1, -0.05) is 64.4 Å². The van der Waals surface area contributed by atoms with Crippen molar-refractivity contribution in [2.24, 2.45) is 0 Å². The summed E-state index contributed by atoms with van der Waals surface area (Å²) in [6, 6.07) is 5.71. The molecule has 21 heavy (non-hydrogen) atoms. The number of nitrogen functional groups attached to an aromatic ring is 1. The van der Waals surface area contributed by atoms with Crippen LogP contribution in [0.15, 0.2) is 22.6 Å². The van der Waals surface area contributed by atoms with Crippen LogP contribution in [0.1, 0.15) is 70.6 Å². The molecule has 0 unspecified atom stereocenters. The molecule has 0 saturated heterocycles. The molecule has 0 bridgehead atoms. The molecule has 0 aliphatic rings. The number of nitrogens with two attached hydrogens (primary N) is 1. The number of unbranched alkanes of at least 4 members (excludes halogenated alkanes) is 8. The third-order valence-electron chi connectivity index (χ3n) is 3.99. The highest BCUT2D eigenvalue weighted by molar-refractivity contribution is 5.85. The Kier molecular flexibility index (Phi) is 6.58. The number of benzene rings is 1. The normalized spacial score (nSPS) is 11.3. The molecular weight excluding hydrogens is 260 g/mol. The Morgan fingerprint density at radius 3 is 2.29 bits per heavy atom. The van der Waals surface area contributed by atoms with Gasteiger partial charge < -0.3 is 10.2 Å². The highest BCUT2D eigenvalue weighted by Crippen LogP contribution is 2.22. The van der Waals surface area contributed by atoms with E-state index in [0.29, 0.717) is 5.69 Å². The first-order valence-corrected chi connectivity index (χ1v) is 8.45. The number of aromatic nitrogens is 1.